The molecule has 2 aliphatic heterocycles. The van der Waals surface area contributed by atoms with E-state index in [-0.39, 0.29) is 17.9 Å². The van der Waals surface area contributed by atoms with E-state index >= 15 is 0 Å². The average Bonchev–Trinajstić information content (AvgIpc) is 3.29. The molecule has 4 heterocycles. The number of aromatic nitrogens is 1. The molecule has 2 amide bonds. The normalized spacial score (nSPS) is 23.1. The molecular weight excluding hydrogens is 368 g/mol. The molecule has 2 fully saturated rings. The molecule has 7 heteroatoms. The number of fused-ring (bicyclic) bond motifs is 3. The Balaban J connectivity index is 1.29. The van der Waals surface area contributed by atoms with Crippen LogP contribution in [-0.4, -0.2) is 47.4 Å². The van der Waals surface area contributed by atoms with Crippen molar-refractivity contribution in [2.75, 3.05) is 25.0 Å². The molecule has 148 valence electrons. The van der Waals surface area contributed by atoms with Crippen molar-refractivity contribution < 1.29 is 14.0 Å². The highest BCUT2D eigenvalue weighted by molar-refractivity contribution is 6.04. The summed E-state index contributed by atoms with van der Waals surface area (Å²) in [5.41, 5.74) is 1.42. The quantitative estimate of drug-likeness (QED) is 0.715. The Labute approximate surface area is 168 Å². The first-order chi connectivity index (χ1) is 14.1. The third-order valence-corrected chi connectivity index (χ3v) is 5.71. The van der Waals surface area contributed by atoms with Crippen molar-refractivity contribution in [1.29, 1.82) is 0 Å². The number of pyridine rings is 1. The Morgan fingerprint density at radius 1 is 1.10 bits per heavy atom. The number of amides is 2. The summed E-state index contributed by atoms with van der Waals surface area (Å²) in [4.78, 5) is 31.6. The molecule has 3 atom stereocenters. The van der Waals surface area contributed by atoms with Crippen LogP contribution in [-0.2, 0) is 0 Å². The molecule has 2 bridgehead atoms. The van der Waals surface area contributed by atoms with E-state index in [1.807, 2.05) is 6.07 Å². The van der Waals surface area contributed by atoms with Crippen molar-refractivity contribution >= 4 is 28.7 Å². The predicted molar refractivity (Wildman–Crippen MR) is 109 cm³/mol. The lowest BCUT2D eigenvalue weighted by molar-refractivity contribution is 0.0904. The van der Waals surface area contributed by atoms with Crippen LogP contribution in [0.15, 0.2) is 53.1 Å². The predicted octanol–water partition coefficient (Wildman–Crippen LogP) is 2.90. The van der Waals surface area contributed by atoms with Gasteiger partial charge in [-0.25, -0.2) is 4.98 Å². The number of carbonyl (C=O) groups excluding carboxylic acids is 2. The topological polar surface area (TPSA) is 87.5 Å². The van der Waals surface area contributed by atoms with E-state index in [4.69, 9.17) is 4.42 Å². The van der Waals surface area contributed by atoms with Gasteiger partial charge in [-0.05, 0) is 43.5 Å². The first-order valence-electron chi connectivity index (χ1n) is 9.93. The van der Waals surface area contributed by atoms with Crippen molar-refractivity contribution in [1.82, 2.24) is 15.2 Å². The highest BCUT2D eigenvalue weighted by Crippen LogP contribution is 2.27. The van der Waals surface area contributed by atoms with Crippen LogP contribution in [0.25, 0.3) is 11.0 Å². The summed E-state index contributed by atoms with van der Waals surface area (Å²) >= 11 is 0. The average molecular weight is 390 g/mol. The highest BCUT2D eigenvalue weighted by Gasteiger charge is 2.33. The lowest BCUT2D eigenvalue weighted by atomic mass is 9.97. The van der Waals surface area contributed by atoms with Crippen LogP contribution in [0.4, 0.5) is 5.88 Å². The van der Waals surface area contributed by atoms with E-state index < -0.39 is 0 Å². The molecule has 0 radical (unpaired) electrons. The number of benzene rings is 1. The molecule has 2 aliphatic rings. The minimum Gasteiger partial charge on any atom is -0.439 e. The number of piperidine rings is 1. The molecule has 2 saturated heterocycles. The molecule has 2 N–H and O–H groups in total. The monoisotopic (exact) mass is 390 g/mol. The van der Waals surface area contributed by atoms with Crippen LogP contribution in [0.1, 0.15) is 33.7 Å². The largest absolute Gasteiger partial charge is 0.439 e. The molecule has 0 aliphatic carbocycles. The van der Waals surface area contributed by atoms with Gasteiger partial charge in [0, 0.05) is 36.1 Å². The molecule has 29 heavy (non-hydrogen) atoms. The molecule has 2 aromatic heterocycles. The first-order valence-corrected chi connectivity index (χ1v) is 9.93. The highest BCUT2D eigenvalue weighted by atomic mass is 16.4. The third-order valence-electron chi connectivity index (χ3n) is 5.71. The Morgan fingerprint density at radius 2 is 1.97 bits per heavy atom. The molecule has 0 spiro atoms. The Hall–Kier alpha value is -3.19. The molecule has 0 saturated carbocycles. The number of carbonyl (C=O) groups is 2. The summed E-state index contributed by atoms with van der Waals surface area (Å²) in [5, 5.41) is 6.58. The summed E-state index contributed by atoms with van der Waals surface area (Å²) in [5.74, 6) is 0.590. The number of nitrogens with zero attached hydrogens (tertiary/aromatic N) is 2. The van der Waals surface area contributed by atoms with E-state index in [1.165, 1.54) is 12.6 Å². The second kappa shape index (κ2) is 7.33. The van der Waals surface area contributed by atoms with Crippen LogP contribution >= 0.6 is 0 Å². The number of rotatable bonds is 4. The Kier molecular flexibility index (Phi) is 4.52. The number of hydrogen-bond acceptors (Lipinski definition) is 5. The van der Waals surface area contributed by atoms with Gasteiger partial charge in [-0.2, -0.15) is 0 Å². The van der Waals surface area contributed by atoms with Gasteiger partial charge in [0.25, 0.3) is 11.8 Å². The van der Waals surface area contributed by atoms with Gasteiger partial charge in [-0.15, -0.1) is 0 Å². The standard InChI is InChI=1S/C22H22N4O3/c27-21(15-4-2-1-3-5-15)25-20-10-16-9-18(23-11-19(16)29-20)22(28)24-17-8-14-6-7-26(12-14)13-17/h1-5,9-11,14,17H,6-8,12-13H2,(H,24,28)(H,25,27)/t14-,17-/m1/s1. The van der Waals surface area contributed by atoms with Crippen molar-refractivity contribution in [3.8, 4) is 0 Å². The zero-order chi connectivity index (χ0) is 19.8. The molecule has 1 aromatic carbocycles. The second-order valence-corrected chi connectivity index (χ2v) is 7.86. The Morgan fingerprint density at radius 3 is 2.79 bits per heavy atom. The van der Waals surface area contributed by atoms with Crippen molar-refractivity contribution in [3.05, 3.63) is 59.9 Å². The van der Waals surface area contributed by atoms with Crippen molar-refractivity contribution in [2.45, 2.75) is 18.9 Å². The maximum atomic E-state index is 12.7. The molecule has 3 aromatic rings. The fourth-order valence-corrected chi connectivity index (χ4v) is 4.33. The third kappa shape index (κ3) is 3.73. The van der Waals surface area contributed by atoms with Crippen LogP contribution in [0.3, 0.4) is 0 Å². The van der Waals surface area contributed by atoms with E-state index in [1.54, 1.807) is 36.4 Å². The zero-order valence-corrected chi connectivity index (χ0v) is 15.9. The minimum absolute atomic E-state index is 0.171. The van der Waals surface area contributed by atoms with Gasteiger partial charge in [-0.3, -0.25) is 14.9 Å². The smallest absolute Gasteiger partial charge is 0.270 e. The fraction of sp³-hybridized carbons (Fsp3) is 0.318. The number of nitrogens with one attached hydrogen (secondary N) is 2. The summed E-state index contributed by atoms with van der Waals surface area (Å²) in [7, 11) is 0. The maximum Gasteiger partial charge on any atom is 0.270 e. The fourth-order valence-electron chi connectivity index (χ4n) is 4.33. The lowest BCUT2D eigenvalue weighted by Crippen LogP contribution is -2.47. The van der Waals surface area contributed by atoms with Crippen LogP contribution in [0.2, 0.25) is 0 Å². The number of hydrogen-bond donors (Lipinski definition) is 2. The molecule has 1 unspecified atom stereocenters. The van der Waals surface area contributed by atoms with E-state index in [0.29, 0.717) is 28.6 Å². The SMILES string of the molecule is O=C(Nc1cc2cc(C(=O)N[C@@H]3C[C@H]4CCN(C4)C3)ncc2o1)c1ccccc1. The van der Waals surface area contributed by atoms with Gasteiger partial charge in [0.05, 0.1) is 6.20 Å². The summed E-state index contributed by atoms with van der Waals surface area (Å²) in [6.45, 7) is 3.20. The number of furan rings is 1. The van der Waals surface area contributed by atoms with Crippen molar-refractivity contribution in [2.24, 2.45) is 5.92 Å². The van der Waals surface area contributed by atoms with E-state index in [9.17, 15) is 9.59 Å². The molecule has 7 nitrogen and oxygen atoms in total. The Bertz CT molecular complexity index is 1050. The van der Waals surface area contributed by atoms with E-state index in [2.05, 4.69) is 20.5 Å². The van der Waals surface area contributed by atoms with Crippen molar-refractivity contribution in [3.63, 3.8) is 0 Å². The molecule has 5 rings (SSSR count). The van der Waals surface area contributed by atoms with E-state index in [0.717, 1.165) is 31.4 Å². The van der Waals surface area contributed by atoms with Gasteiger partial charge in [0.2, 0.25) is 5.88 Å². The molecular formula is C22H22N4O3. The second-order valence-electron chi connectivity index (χ2n) is 7.86. The van der Waals surface area contributed by atoms with Crippen LogP contribution in [0, 0.1) is 5.92 Å². The van der Waals surface area contributed by atoms with Gasteiger partial charge in [0.15, 0.2) is 5.58 Å². The summed E-state index contributed by atoms with van der Waals surface area (Å²) in [6, 6.07) is 12.5. The van der Waals surface area contributed by atoms with Crippen LogP contribution in [0.5, 0.6) is 0 Å². The van der Waals surface area contributed by atoms with Gasteiger partial charge < -0.3 is 14.6 Å². The number of anilines is 1. The minimum atomic E-state index is -0.252. The summed E-state index contributed by atoms with van der Waals surface area (Å²) in [6.07, 6.45) is 3.78. The first kappa shape index (κ1) is 17.9. The van der Waals surface area contributed by atoms with Gasteiger partial charge in [-0.1, -0.05) is 18.2 Å². The lowest BCUT2D eigenvalue weighted by Gasteiger charge is -2.30. The maximum absolute atomic E-state index is 12.7. The summed E-state index contributed by atoms with van der Waals surface area (Å²) < 4.78 is 5.65. The van der Waals surface area contributed by atoms with Crippen LogP contribution < -0.4 is 10.6 Å². The zero-order valence-electron chi connectivity index (χ0n) is 15.9. The van der Waals surface area contributed by atoms with Gasteiger partial charge >= 0.3 is 0 Å². The van der Waals surface area contributed by atoms with Gasteiger partial charge in [0.1, 0.15) is 5.69 Å².